The van der Waals surface area contributed by atoms with Gasteiger partial charge >= 0.3 is 0 Å². The average molecular weight is 207 g/mol. The molecule has 0 aliphatic heterocycles. The van der Waals surface area contributed by atoms with Crippen LogP contribution in [0.5, 0.6) is 0 Å². The van der Waals surface area contributed by atoms with E-state index in [-0.39, 0.29) is 0 Å². The maximum Gasteiger partial charge on any atom is 0.0825 e. The number of aryl methyl sites for hydroxylation is 1. The quantitative estimate of drug-likeness (QED) is 0.828. The molecule has 1 heterocycles. The first-order chi connectivity index (χ1) is 7.08. The van der Waals surface area contributed by atoms with Crippen LogP contribution < -0.4 is 5.73 Å². The number of nitrogens with zero attached hydrogens (tertiary/aromatic N) is 2. The van der Waals surface area contributed by atoms with Crippen molar-refractivity contribution in [2.24, 2.45) is 5.41 Å². The molecule has 0 bridgehead atoms. The summed E-state index contributed by atoms with van der Waals surface area (Å²) in [6, 6.07) is 0. The van der Waals surface area contributed by atoms with Crippen LogP contribution in [0, 0.1) is 19.3 Å². The van der Waals surface area contributed by atoms with Gasteiger partial charge in [0.15, 0.2) is 0 Å². The minimum atomic E-state index is 0.510. The Balaban J connectivity index is 2.20. The summed E-state index contributed by atoms with van der Waals surface area (Å²) in [7, 11) is 0. The summed E-state index contributed by atoms with van der Waals surface area (Å²) < 4.78 is 2.10. The minimum absolute atomic E-state index is 0.510. The van der Waals surface area contributed by atoms with E-state index >= 15 is 0 Å². The van der Waals surface area contributed by atoms with E-state index in [0.29, 0.717) is 5.41 Å². The second kappa shape index (κ2) is 3.54. The van der Waals surface area contributed by atoms with Gasteiger partial charge in [-0.1, -0.05) is 13.3 Å². The van der Waals surface area contributed by atoms with Crippen molar-refractivity contribution in [2.45, 2.75) is 53.0 Å². The highest BCUT2D eigenvalue weighted by atomic mass is 15.3. The monoisotopic (exact) mass is 207 g/mol. The van der Waals surface area contributed by atoms with E-state index in [1.807, 2.05) is 6.92 Å². The topological polar surface area (TPSA) is 43.8 Å². The minimum Gasteiger partial charge on any atom is -0.396 e. The van der Waals surface area contributed by atoms with Crippen molar-refractivity contribution in [3.8, 4) is 0 Å². The van der Waals surface area contributed by atoms with E-state index in [9.17, 15) is 0 Å². The largest absolute Gasteiger partial charge is 0.396 e. The third kappa shape index (κ3) is 1.64. The standard InChI is InChI=1S/C12H21N3/c1-4-12(6-5-7-12)8-15-10(3)11(13)9(2)14-15/h4-8,13H2,1-3H3. The summed E-state index contributed by atoms with van der Waals surface area (Å²) in [5, 5.41) is 4.52. The molecule has 0 unspecified atom stereocenters. The third-order valence-corrected chi connectivity index (χ3v) is 4.09. The van der Waals surface area contributed by atoms with Crippen LogP contribution in [0.2, 0.25) is 0 Å². The molecule has 15 heavy (non-hydrogen) atoms. The van der Waals surface area contributed by atoms with Crippen molar-refractivity contribution in [3.63, 3.8) is 0 Å². The lowest BCUT2D eigenvalue weighted by molar-refractivity contribution is 0.0939. The highest BCUT2D eigenvalue weighted by Crippen LogP contribution is 2.45. The number of hydrogen-bond acceptors (Lipinski definition) is 2. The van der Waals surface area contributed by atoms with Crippen molar-refractivity contribution < 1.29 is 0 Å². The molecule has 2 N–H and O–H groups in total. The number of nitrogen functional groups attached to an aromatic ring is 1. The first kappa shape index (κ1) is 10.5. The Hall–Kier alpha value is -0.990. The van der Waals surface area contributed by atoms with Crippen molar-refractivity contribution in [2.75, 3.05) is 5.73 Å². The van der Waals surface area contributed by atoms with E-state index in [1.165, 1.54) is 25.7 Å². The average Bonchev–Trinajstić information content (AvgIpc) is 2.40. The van der Waals surface area contributed by atoms with Crippen LogP contribution in [0.3, 0.4) is 0 Å². The van der Waals surface area contributed by atoms with Crippen LogP contribution in [0.15, 0.2) is 0 Å². The fraction of sp³-hybridized carbons (Fsp3) is 0.750. The Morgan fingerprint density at radius 1 is 1.40 bits per heavy atom. The molecule has 1 fully saturated rings. The third-order valence-electron chi connectivity index (χ3n) is 4.09. The Labute approximate surface area is 91.7 Å². The van der Waals surface area contributed by atoms with Crippen molar-refractivity contribution >= 4 is 5.69 Å². The zero-order chi connectivity index (χ0) is 11.1. The van der Waals surface area contributed by atoms with Crippen LogP contribution in [-0.4, -0.2) is 9.78 Å². The second-order valence-electron chi connectivity index (χ2n) is 4.95. The van der Waals surface area contributed by atoms with Gasteiger partial charge in [-0.3, -0.25) is 4.68 Å². The first-order valence-corrected chi connectivity index (χ1v) is 5.87. The molecule has 0 aromatic carbocycles. The van der Waals surface area contributed by atoms with Crippen LogP contribution in [0.25, 0.3) is 0 Å². The predicted octanol–water partition coefficient (Wildman–Crippen LogP) is 2.66. The molecule has 0 atom stereocenters. The van der Waals surface area contributed by atoms with E-state index in [0.717, 1.165) is 23.6 Å². The van der Waals surface area contributed by atoms with Gasteiger partial charge in [0, 0.05) is 6.54 Å². The molecule has 1 aromatic heterocycles. The zero-order valence-corrected chi connectivity index (χ0v) is 10.0. The molecule has 1 aliphatic carbocycles. The van der Waals surface area contributed by atoms with Gasteiger partial charge in [0.1, 0.15) is 0 Å². The van der Waals surface area contributed by atoms with Gasteiger partial charge in [0.25, 0.3) is 0 Å². The van der Waals surface area contributed by atoms with Gasteiger partial charge in [-0.2, -0.15) is 5.10 Å². The summed E-state index contributed by atoms with van der Waals surface area (Å²) in [4.78, 5) is 0. The van der Waals surface area contributed by atoms with Gasteiger partial charge in [-0.05, 0) is 38.5 Å². The number of hydrogen-bond donors (Lipinski definition) is 1. The Kier molecular flexibility index (Phi) is 2.49. The van der Waals surface area contributed by atoms with Crippen molar-refractivity contribution in [1.82, 2.24) is 9.78 Å². The van der Waals surface area contributed by atoms with Gasteiger partial charge in [-0.25, -0.2) is 0 Å². The van der Waals surface area contributed by atoms with Crippen LogP contribution in [0.1, 0.15) is 44.0 Å². The highest BCUT2D eigenvalue weighted by molar-refractivity contribution is 5.46. The fourth-order valence-electron chi connectivity index (χ4n) is 2.48. The molecule has 3 nitrogen and oxygen atoms in total. The van der Waals surface area contributed by atoms with Gasteiger partial charge in [0.2, 0.25) is 0 Å². The Bertz CT molecular complexity index is 356. The summed E-state index contributed by atoms with van der Waals surface area (Å²) in [5.74, 6) is 0. The maximum atomic E-state index is 5.94. The smallest absolute Gasteiger partial charge is 0.0825 e. The lowest BCUT2D eigenvalue weighted by Gasteiger charge is -2.41. The molecule has 0 saturated heterocycles. The molecule has 1 saturated carbocycles. The molecular weight excluding hydrogens is 186 g/mol. The van der Waals surface area contributed by atoms with Crippen LogP contribution in [-0.2, 0) is 6.54 Å². The zero-order valence-electron chi connectivity index (χ0n) is 10.0. The number of nitrogens with two attached hydrogens (primary N) is 1. The summed E-state index contributed by atoms with van der Waals surface area (Å²) in [6.45, 7) is 7.39. The number of rotatable bonds is 3. The molecule has 84 valence electrons. The molecule has 2 rings (SSSR count). The fourth-order valence-corrected chi connectivity index (χ4v) is 2.48. The van der Waals surface area contributed by atoms with Crippen LogP contribution in [0.4, 0.5) is 5.69 Å². The van der Waals surface area contributed by atoms with Crippen LogP contribution >= 0.6 is 0 Å². The summed E-state index contributed by atoms with van der Waals surface area (Å²) in [5.41, 5.74) is 9.41. The molecule has 1 aliphatic rings. The molecule has 0 radical (unpaired) electrons. The van der Waals surface area contributed by atoms with E-state index in [2.05, 4.69) is 23.6 Å². The number of aromatic nitrogens is 2. The SMILES string of the molecule is CCC1(Cn2nc(C)c(N)c2C)CCC1. The first-order valence-electron chi connectivity index (χ1n) is 5.87. The van der Waals surface area contributed by atoms with Crippen molar-refractivity contribution in [1.29, 1.82) is 0 Å². The maximum absolute atomic E-state index is 5.94. The molecule has 1 aromatic rings. The molecular formula is C12H21N3. The van der Waals surface area contributed by atoms with E-state index < -0.39 is 0 Å². The molecule has 0 amide bonds. The van der Waals surface area contributed by atoms with E-state index in [1.54, 1.807) is 0 Å². The normalized spacial score (nSPS) is 18.9. The number of anilines is 1. The summed E-state index contributed by atoms with van der Waals surface area (Å²) in [6.07, 6.45) is 5.33. The van der Waals surface area contributed by atoms with E-state index in [4.69, 9.17) is 5.73 Å². The lowest BCUT2D eigenvalue weighted by atomic mass is 9.67. The molecule has 3 heteroatoms. The van der Waals surface area contributed by atoms with Gasteiger partial charge in [-0.15, -0.1) is 0 Å². The van der Waals surface area contributed by atoms with Gasteiger partial charge < -0.3 is 5.73 Å². The lowest BCUT2D eigenvalue weighted by Crippen LogP contribution is -2.34. The summed E-state index contributed by atoms with van der Waals surface area (Å²) >= 11 is 0. The molecule has 0 spiro atoms. The highest BCUT2D eigenvalue weighted by Gasteiger charge is 2.36. The Morgan fingerprint density at radius 3 is 2.40 bits per heavy atom. The van der Waals surface area contributed by atoms with Gasteiger partial charge in [0.05, 0.1) is 17.1 Å². The van der Waals surface area contributed by atoms with Crippen molar-refractivity contribution in [3.05, 3.63) is 11.4 Å². The predicted molar refractivity (Wildman–Crippen MR) is 62.7 cm³/mol. The Morgan fingerprint density at radius 2 is 2.07 bits per heavy atom. The second-order valence-corrected chi connectivity index (χ2v) is 4.95.